The maximum absolute atomic E-state index is 6.33. The summed E-state index contributed by atoms with van der Waals surface area (Å²) in [4.78, 5) is 3.29. The summed E-state index contributed by atoms with van der Waals surface area (Å²) >= 11 is 0. The zero-order valence-electron chi connectivity index (χ0n) is 10.2. The van der Waals surface area contributed by atoms with Crippen LogP contribution in [-0.4, -0.2) is 10.5 Å². The molecular formula is C14H20N2. The van der Waals surface area contributed by atoms with E-state index < -0.39 is 0 Å². The first kappa shape index (κ1) is 11.2. The summed E-state index contributed by atoms with van der Waals surface area (Å²) in [7, 11) is 0. The number of para-hydroxylation sites is 1. The van der Waals surface area contributed by atoms with Crippen LogP contribution < -0.4 is 5.73 Å². The topological polar surface area (TPSA) is 41.8 Å². The van der Waals surface area contributed by atoms with E-state index in [1.54, 1.807) is 0 Å². The van der Waals surface area contributed by atoms with Crippen molar-refractivity contribution in [1.82, 2.24) is 4.98 Å². The highest BCUT2D eigenvalue weighted by atomic mass is 14.7. The van der Waals surface area contributed by atoms with Crippen LogP contribution in [0.5, 0.6) is 0 Å². The third-order valence-electron chi connectivity index (χ3n) is 3.57. The van der Waals surface area contributed by atoms with Crippen LogP contribution in [0.2, 0.25) is 0 Å². The van der Waals surface area contributed by atoms with Crippen molar-refractivity contribution in [2.24, 2.45) is 11.7 Å². The molecule has 0 saturated heterocycles. The SMILES string of the molecule is CC(C)[C@](C)(N)Cc1c[nH]c2ccccc12. The van der Waals surface area contributed by atoms with Gasteiger partial charge in [0.1, 0.15) is 0 Å². The van der Waals surface area contributed by atoms with Gasteiger partial charge in [-0.25, -0.2) is 0 Å². The van der Waals surface area contributed by atoms with Gasteiger partial charge < -0.3 is 10.7 Å². The zero-order valence-corrected chi connectivity index (χ0v) is 10.2. The van der Waals surface area contributed by atoms with E-state index in [0.717, 1.165) is 6.42 Å². The Balaban J connectivity index is 2.35. The van der Waals surface area contributed by atoms with Gasteiger partial charge in [0.25, 0.3) is 0 Å². The van der Waals surface area contributed by atoms with E-state index >= 15 is 0 Å². The number of aromatic nitrogens is 1. The van der Waals surface area contributed by atoms with E-state index in [4.69, 9.17) is 5.73 Å². The number of nitrogens with one attached hydrogen (secondary N) is 1. The van der Waals surface area contributed by atoms with Crippen molar-refractivity contribution >= 4 is 10.9 Å². The molecule has 0 radical (unpaired) electrons. The minimum atomic E-state index is -0.148. The summed E-state index contributed by atoms with van der Waals surface area (Å²) in [5, 5.41) is 1.29. The minimum Gasteiger partial charge on any atom is -0.361 e. The molecule has 1 aromatic heterocycles. The van der Waals surface area contributed by atoms with Crippen LogP contribution in [0.1, 0.15) is 26.3 Å². The summed E-state index contributed by atoms with van der Waals surface area (Å²) in [6.07, 6.45) is 2.99. The van der Waals surface area contributed by atoms with Gasteiger partial charge in [-0.3, -0.25) is 0 Å². The number of nitrogens with two attached hydrogens (primary N) is 1. The lowest BCUT2D eigenvalue weighted by Crippen LogP contribution is -2.43. The van der Waals surface area contributed by atoms with E-state index in [0.29, 0.717) is 5.92 Å². The molecule has 2 rings (SSSR count). The molecule has 3 N–H and O–H groups in total. The van der Waals surface area contributed by atoms with Crippen molar-refractivity contribution in [1.29, 1.82) is 0 Å². The number of benzene rings is 1. The average Bonchev–Trinajstić information content (AvgIpc) is 2.61. The van der Waals surface area contributed by atoms with Gasteiger partial charge in [-0.1, -0.05) is 32.0 Å². The summed E-state index contributed by atoms with van der Waals surface area (Å²) in [6.45, 7) is 6.48. The van der Waals surface area contributed by atoms with Gasteiger partial charge >= 0.3 is 0 Å². The fraction of sp³-hybridized carbons (Fsp3) is 0.429. The standard InChI is InChI=1S/C14H20N2/c1-10(2)14(3,15)8-11-9-16-13-7-5-4-6-12(11)13/h4-7,9-10,16H,8,15H2,1-3H3/t14-/m1/s1. The Bertz CT molecular complexity index is 480. The Hall–Kier alpha value is -1.28. The second-order valence-corrected chi connectivity index (χ2v) is 5.20. The van der Waals surface area contributed by atoms with Gasteiger partial charge in [0.2, 0.25) is 0 Å². The van der Waals surface area contributed by atoms with Crippen LogP contribution in [0.4, 0.5) is 0 Å². The van der Waals surface area contributed by atoms with Crippen LogP contribution in [0, 0.1) is 5.92 Å². The molecule has 0 fully saturated rings. The first-order chi connectivity index (χ1) is 7.50. The number of H-pyrrole nitrogens is 1. The smallest absolute Gasteiger partial charge is 0.0456 e. The van der Waals surface area contributed by atoms with Crippen LogP contribution in [-0.2, 0) is 6.42 Å². The Morgan fingerprint density at radius 3 is 2.69 bits per heavy atom. The van der Waals surface area contributed by atoms with E-state index in [1.165, 1.54) is 16.5 Å². The zero-order chi connectivity index (χ0) is 11.8. The largest absolute Gasteiger partial charge is 0.361 e. The molecule has 0 saturated carbocycles. The Morgan fingerprint density at radius 2 is 2.00 bits per heavy atom. The van der Waals surface area contributed by atoms with Gasteiger partial charge in [0.15, 0.2) is 0 Å². The molecule has 0 unspecified atom stereocenters. The van der Waals surface area contributed by atoms with Crippen LogP contribution in [0.25, 0.3) is 10.9 Å². The fourth-order valence-corrected chi connectivity index (χ4v) is 1.89. The first-order valence-corrected chi connectivity index (χ1v) is 5.84. The molecular weight excluding hydrogens is 196 g/mol. The molecule has 2 nitrogen and oxygen atoms in total. The highest BCUT2D eigenvalue weighted by Crippen LogP contribution is 2.24. The maximum atomic E-state index is 6.33. The normalized spacial score (nSPS) is 15.6. The van der Waals surface area contributed by atoms with Crippen molar-refractivity contribution in [3.8, 4) is 0 Å². The van der Waals surface area contributed by atoms with Gasteiger partial charge in [0.05, 0.1) is 0 Å². The summed E-state index contributed by atoms with van der Waals surface area (Å²) in [6, 6.07) is 8.37. The fourth-order valence-electron chi connectivity index (χ4n) is 1.89. The summed E-state index contributed by atoms with van der Waals surface area (Å²) in [5.74, 6) is 0.473. The van der Waals surface area contributed by atoms with Crippen molar-refractivity contribution in [3.05, 3.63) is 36.0 Å². The van der Waals surface area contributed by atoms with Crippen molar-refractivity contribution in [2.45, 2.75) is 32.7 Å². The van der Waals surface area contributed by atoms with E-state index in [-0.39, 0.29) is 5.54 Å². The minimum absolute atomic E-state index is 0.148. The molecule has 2 aromatic rings. The van der Waals surface area contributed by atoms with Gasteiger partial charge in [0, 0.05) is 22.6 Å². The Kier molecular flexibility index (Phi) is 2.76. The van der Waals surface area contributed by atoms with Crippen LogP contribution in [0.15, 0.2) is 30.5 Å². The third-order valence-corrected chi connectivity index (χ3v) is 3.57. The number of fused-ring (bicyclic) bond motifs is 1. The maximum Gasteiger partial charge on any atom is 0.0456 e. The average molecular weight is 216 g/mol. The quantitative estimate of drug-likeness (QED) is 0.813. The molecule has 0 spiro atoms. The van der Waals surface area contributed by atoms with Crippen molar-refractivity contribution in [3.63, 3.8) is 0 Å². The molecule has 0 aliphatic carbocycles. The monoisotopic (exact) mass is 216 g/mol. The van der Waals surface area contributed by atoms with E-state index in [2.05, 4.69) is 50.2 Å². The number of rotatable bonds is 3. The molecule has 2 heteroatoms. The molecule has 0 bridgehead atoms. The second kappa shape index (κ2) is 3.95. The molecule has 16 heavy (non-hydrogen) atoms. The molecule has 0 amide bonds. The van der Waals surface area contributed by atoms with E-state index in [1.807, 2.05) is 6.07 Å². The van der Waals surface area contributed by atoms with E-state index in [9.17, 15) is 0 Å². The highest BCUT2D eigenvalue weighted by molar-refractivity contribution is 5.83. The Labute approximate surface area is 96.9 Å². The summed E-state index contributed by atoms with van der Waals surface area (Å²) in [5.41, 5.74) is 8.69. The Morgan fingerprint density at radius 1 is 1.31 bits per heavy atom. The lowest BCUT2D eigenvalue weighted by Gasteiger charge is -2.29. The molecule has 1 heterocycles. The predicted molar refractivity (Wildman–Crippen MR) is 69.4 cm³/mol. The molecule has 86 valence electrons. The highest BCUT2D eigenvalue weighted by Gasteiger charge is 2.24. The van der Waals surface area contributed by atoms with Gasteiger partial charge in [-0.15, -0.1) is 0 Å². The van der Waals surface area contributed by atoms with Gasteiger partial charge in [-0.2, -0.15) is 0 Å². The predicted octanol–water partition coefficient (Wildman–Crippen LogP) is 3.08. The second-order valence-electron chi connectivity index (χ2n) is 5.20. The lowest BCUT2D eigenvalue weighted by atomic mass is 9.83. The summed E-state index contributed by atoms with van der Waals surface area (Å²) < 4.78 is 0. The molecule has 1 atom stereocenters. The number of hydrogen-bond donors (Lipinski definition) is 2. The third kappa shape index (κ3) is 1.98. The number of aromatic amines is 1. The molecule has 1 aromatic carbocycles. The first-order valence-electron chi connectivity index (χ1n) is 5.84. The molecule has 0 aliphatic heterocycles. The van der Waals surface area contributed by atoms with Crippen LogP contribution in [0.3, 0.4) is 0 Å². The van der Waals surface area contributed by atoms with Gasteiger partial charge in [-0.05, 0) is 30.9 Å². The lowest BCUT2D eigenvalue weighted by molar-refractivity contribution is 0.338. The van der Waals surface area contributed by atoms with Crippen LogP contribution >= 0.6 is 0 Å². The molecule has 0 aliphatic rings. The van der Waals surface area contributed by atoms with Crippen molar-refractivity contribution < 1.29 is 0 Å². The van der Waals surface area contributed by atoms with Crippen molar-refractivity contribution in [2.75, 3.05) is 0 Å². The number of hydrogen-bond acceptors (Lipinski definition) is 1.